The highest BCUT2D eigenvalue weighted by Crippen LogP contribution is 2.41. The fraction of sp³-hybridized carbons (Fsp3) is 0.381. The number of aromatic nitrogens is 1. The fourth-order valence-corrected chi connectivity index (χ4v) is 3.11. The maximum absolute atomic E-state index is 12.6. The molecule has 1 aromatic heterocycles. The zero-order chi connectivity index (χ0) is 18.7. The minimum atomic E-state index is -0.286. The molecule has 5 nitrogen and oxygen atoms in total. The average Bonchev–Trinajstić information content (AvgIpc) is 3.35. The summed E-state index contributed by atoms with van der Waals surface area (Å²) in [5.74, 6) is 1.66. The molecule has 0 spiro atoms. The van der Waals surface area contributed by atoms with Gasteiger partial charge in [-0.05, 0) is 48.1 Å². The maximum atomic E-state index is 12.6. The number of ether oxygens (including phenoxy) is 1. The number of nitrogens with zero attached hydrogens (tertiary/aromatic N) is 1. The molecule has 0 saturated heterocycles. The van der Waals surface area contributed by atoms with E-state index in [9.17, 15) is 9.59 Å². The van der Waals surface area contributed by atoms with E-state index in [2.05, 4.69) is 17.2 Å². The molecule has 26 heavy (non-hydrogen) atoms. The molecule has 2 aromatic rings. The Labute approximate surface area is 153 Å². The molecule has 1 N–H and O–H groups in total. The van der Waals surface area contributed by atoms with Crippen molar-refractivity contribution >= 4 is 11.7 Å². The number of pyridine rings is 1. The number of hydrogen-bond acceptors (Lipinski definition) is 4. The second-order valence-electron chi connectivity index (χ2n) is 6.94. The van der Waals surface area contributed by atoms with E-state index in [1.54, 1.807) is 26.3 Å². The smallest absolute Gasteiger partial charge is 0.269 e. The molecule has 0 unspecified atom stereocenters. The Morgan fingerprint density at radius 1 is 1.27 bits per heavy atom. The third-order valence-corrected chi connectivity index (χ3v) is 4.90. The Hall–Kier alpha value is -2.69. The highest BCUT2D eigenvalue weighted by molar-refractivity contribution is 6.00. The number of carbonyl (C=O) groups is 2. The molecular weight excluding hydrogens is 328 g/mol. The summed E-state index contributed by atoms with van der Waals surface area (Å²) in [6.07, 6.45) is 2.18. The molecule has 136 valence electrons. The second-order valence-corrected chi connectivity index (χ2v) is 6.94. The Kier molecular flexibility index (Phi) is 5.35. The minimum absolute atomic E-state index is 0.0822. The number of methoxy groups -OCH3 is 1. The molecule has 1 fully saturated rings. The van der Waals surface area contributed by atoms with E-state index < -0.39 is 0 Å². The predicted octanol–water partition coefficient (Wildman–Crippen LogP) is 3.27. The lowest BCUT2D eigenvalue weighted by atomic mass is 10.0. The van der Waals surface area contributed by atoms with Gasteiger partial charge in [-0.25, -0.2) is 4.98 Å². The van der Waals surface area contributed by atoms with Crippen LogP contribution in [-0.4, -0.2) is 30.8 Å². The minimum Gasteiger partial charge on any atom is -0.497 e. The average molecular weight is 352 g/mol. The van der Waals surface area contributed by atoms with Crippen LogP contribution in [0.3, 0.4) is 0 Å². The lowest BCUT2D eigenvalue weighted by molar-refractivity contribution is 0.0958. The van der Waals surface area contributed by atoms with Crippen molar-refractivity contribution in [1.82, 2.24) is 10.3 Å². The fourth-order valence-electron chi connectivity index (χ4n) is 3.11. The number of benzene rings is 1. The van der Waals surface area contributed by atoms with Gasteiger partial charge in [-0.2, -0.15) is 0 Å². The Bertz CT molecular complexity index is 832. The van der Waals surface area contributed by atoms with Crippen molar-refractivity contribution < 1.29 is 14.3 Å². The number of rotatable bonds is 7. The first kappa shape index (κ1) is 18.1. The molecule has 5 heteroatoms. The van der Waals surface area contributed by atoms with Crippen LogP contribution < -0.4 is 10.1 Å². The number of carbonyl (C=O) groups excluding carboxylic acids is 2. The van der Waals surface area contributed by atoms with Crippen molar-refractivity contribution in [3.63, 3.8) is 0 Å². The van der Waals surface area contributed by atoms with E-state index >= 15 is 0 Å². The largest absolute Gasteiger partial charge is 0.497 e. The van der Waals surface area contributed by atoms with Crippen LogP contribution in [0, 0.1) is 11.8 Å². The summed E-state index contributed by atoms with van der Waals surface area (Å²) in [7, 11) is 3.19. The van der Waals surface area contributed by atoms with Gasteiger partial charge in [0.05, 0.1) is 7.11 Å². The van der Waals surface area contributed by atoms with E-state index in [1.165, 1.54) is 0 Å². The van der Waals surface area contributed by atoms with Crippen LogP contribution in [-0.2, 0) is 6.42 Å². The maximum Gasteiger partial charge on any atom is 0.269 e. The molecule has 2 atom stereocenters. The van der Waals surface area contributed by atoms with Crippen molar-refractivity contribution in [3.05, 3.63) is 58.9 Å². The topological polar surface area (TPSA) is 68.3 Å². The lowest BCUT2D eigenvalue weighted by Gasteiger charge is -2.09. The standard InChI is InChI=1S/C21H24N2O3/c1-13-7-15(13)12-20(24)16-10-17(23-19(11-16)21(25)22-2)8-14-5-4-6-18(9-14)26-3/h4-6,9-11,13,15H,7-8,12H2,1-3H3,(H,22,25)/t13-,15+/m0/s1. The van der Waals surface area contributed by atoms with Gasteiger partial charge < -0.3 is 10.1 Å². The number of ketones is 1. The first-order chi connectivity index (χ1) is 12.5. The molecule has 0 bridgehead atoms. The predicted molar refractivity (Wildman–Crippen MR) is 99.6 cm³/mol. The Balaban J connectivity index is 1.88. The third kappa shape index (κ3) is 4.28. The quantitative estimate of drug-likeness (QED) is 0.777. The van der Waals surface area contributed by atoms with Crippen molar-refractivity contribution in [2.24, 2.45) is 11.8 Å². The Morgan fingerprint density at radius 2 is 2.04 bits per heavy atom. The van der Waals surface area contributed by atoms with Gasteiger partial charge in [-0.3, -0.25) is 9.59 Å². The highest BCUT2D eigenvalue weighted by atomic mass is 16.5. The summed E-state index contributed by atoms with van der Waals surface area (Å²) in [4.78, 5) is 29.1. The molecule has 1 saturated carbocycles. The zero-order valence-electron chi connectivity index (χ0n) is 15.4. The third-order valence-electron chi connectivity index (χ3n) is 4.90. The summed E-state index contributed by atoms with van der Waals surface area (Å²) in [5.41, 5.74) is 2.56. The van der Waals surface area contributed by atoms with Crippen molar-refractivity contribution in [3.8, 4) is 5.75 Å². The SMILES string of the molecule is CNC(=O)c1cc(C(=O)C[C@H]2C[C@@H]2C)cc(Cc2cccc(OC)c2)n1. The van der Waals surface area contributed by atoms with Gasteiger partial charge in [0.25, 0.3) is 5.91 Å². The Morgan fingerprint density at radius 3 is 2.69 bits per heavy atom. The normalized spacial score (nSPS) is 18.3. The number of Topliss-reactive ketones (excluding diaryl/α,β-unsaturated/α-hetero) is 1. The molecule has 3 rings (SSSR count). The summed E-state index contributed by atoms with van der Waals surface area (Å²) < 4.78 is 5.26. The van der Waals surface area contributed by atoms with Gasteiger partial charge in [0, 0.05) is 31.1 Å². The number of amides is 1. The van der Waals surface area contributed by atoms with E-state index in [1.807, 2.05) is 24.3 Å². The first-order valence-electron chi connectivity index (χ1n) is 8.89. The molecule has 1 heterocycles. The van der Waals surface area contributed by atoms with Crippen LogP contribution in [0.2, 0.25) is 0 Å². The molecule has 1 aliphatic carbocycles. The van der Waals surface area contributed by atoms with Crippen molar-refractivity contribution in [1.29, 1.82) is 0 Å². The van der Waals surface area contributed by atoms with Crippen LogP contribution in [0.1, 0.15) is 51.9 Å². The zero-order valence-corrected chi connectivity index (χ0v) is 15.4. The molecule has 0 radical (unpaired) electrons. The monoisotopic (exact) mass is 352 g/mol. The van der Waals surface area contributed by atoms with Crippen molar-refractivity contribution in [2.45, 2.75) is 26.2 Å². The summed E-state index contributed by atoms with van der Waals surface area (Å²) in [6, 6.07) is 11.1. The molecule has 0 aliphatic heterocycles. The van der Waals surface area contributed by atoms with Crippen molar-refractivity contribution in [2.75, 3.05) is 14.2 Å². The van der Waals surface area contributed by atoms with Crippen LogP contribution in [0.4, 0.5) is 0 Å². The van der Waals surface area contributed by atoms with Crippen LogP contribution in [0.5, 0.6) is 5.75 Å². The second kappa shape index (κ2) is 7.68. The van der Waals surface area contributed by atoms with E-state index in [-0.39, 0.29) is 17.4 Å². The lowest BCUT2D eigenvalue weighted by Crippen LogP contribution is -2.20. The number of nitrogens with one attached hydrogen (secondary N) is 1. The van der Waals surface area contributed by atoms with Crippen LogP contribution in [0.15, 0.2) is 36.4 Å². The van der Waals surface area contributed by atoms with Gasteiger partial charge >= 0.3 is 0 Å². The van der Waals surface area contributed by atoms with Crippen LogP contribution in [0.25, 0.3) is 0 Å². The first-order valence-corrected chi connectivity index (χ1v) is 8.89. The van der Waals surface area contributed by atoms with Gasteiger partial charge in [0.1, 0.15) is 11.4 Å². The van der Waals surface area contributed by atoms with Gasteiger partial charge in [0.15, 0.2) is 5.78 Å². The summed E-state index contributed by atoms with van der Waals surface area (Å²) in [5, 5.41) is 2.58. The molecular formula is C21H24N2O3. The van der Waals surface area contributed by atoms with Gasteiger partial charge in [-0.15, -0.1) is 0 Å². The molecule has 1 aromatic carbocycles. The number of hydrogen-bond donors (Lipinski definition) is 1. The summed E-state index contributed by atoms with van der Waals surface area (Å²) in [6.45, 7) is 2.16. The van der Waals surface area contributed by atoms with Gasteiger partial charge in [0.2, 0.25) is 0 Å². The van der Waals surface area contributed by atoms with Gasteiger partial charge in [-0.1, -0.05) is 19.1 Å². The van der Waals surface area contributed by atoms with Crippen LogP contribution >= 0.6 is 0 Å². The van der Waals surface area contributed by atoms with E-state index in [0.717, 1.165) is 17.7 Å². The van der Waals surface area contributed by atoms with E-state index in [4.69, 9.17) is 4.74 Å². The molecule has 1 amide bonds. The highest BCUT2D eigenvalue weighted by Gasteiger charge is 2.34. The molecule has 1 aliphatic rings. The van der Waals surface area contributed by atoms with E-state index in [0.29, 0.717) is 35.9 Å². The summed E-state index contributed by atoms with van der Waals surface area (Å²) >= 11 is 0.